The lowest BCUT2D eigenvalue weighted by molar-refractivity contribution is 0.410. The molecule has 4 rings (SSSR count). The number of nitrogens with one attached hydrogen (secondary N) is 1. The van der Waals surface area contributed by atoms with Gasteiger partial charge in [-0.2, -0.15) is 5.10 Å². The largest absolute Gasteiger partial charge is 0.496 e. The molecule has 3 heterocycles. The molecule has 0 aliphatic rings. The predicted molar refractivity (Wildman–Crippen MR) is 127 cm³/mol. The maximum absolute atomic E-state index is 12.6. The molecule has 8 nitrogen and oxygen atoms in total. The van der Waals surface area contributed by atoms with Crippen LogP contribution in [0.25, 0.3) is 22.0 Å². The molecule has 0 spiro atoms. The van der Waals surface area contributed by atoms with Crippen molar-refractivity contribution in [1.29, 1.82) is 0 Å². The monoisotopic (exact) mass is 450 g/mol. The molecule has 0 saturated carbocycles. The average Bonchev–Trinajstić information content (AvgIpc) is 3.20. The highest BCUT2D eigenvalue weighted by Crippen LogP contribution is 2.29. The first-order valence-electron chi connectivity index (χ1n) is 10.2. The van der Waals surface area contributed by atoms with Crippen molar-refractivity contribution >= 4 is 27.7 Å². The van der Waals surface area contributed by atoms with Gasteiger partial charge in [-0.3, -0.25) is 9.40 Å². The minimum Gasteiger partial charge on any atom is -0.496 e. The Morgan fingerprint density at radius 1 is 1.12 bits per heavy atom. The topological polar surface area (TPSA) is 94.8 Å². The second-order valence-corrected chi connectivity index (χ2v) is 10.4. The molecule has 0 bridgehead atoms. The van der Waals surface area contributed by atoms with Gasteiger partial charge in [0.1, 0.15) is 28.1 Å². The highest BCUT2D eigenvalue weighted by atomic mass is 32.2. The maximum atomic E-state index is 12.6. The van der Waals surface area contributed by atoms with Crippen LogP contribution >= 0.6 is 0 Å². The summed E-state index contributed by atoms with van der Waals surface area (Å²) < 4.78 is 22.6. The molecule has 0 fully saturated rings. The van der Waals surface area contributed by atoms with Crippen LogP contribution in [0.3, 0.4) is 0 Å². The second kappa shape index (κ2) is 8.66. The van der Waals surface area contributed by atoms with Crippen LogP contribution in [0.5, 0.6) is 5.75 Å². The number of anilines is 1. The number of aromatic nitrogens is 5. The van der Waals surface area contributed by atoms with Crippen molar-refractivity contribution in [3.05, 3.63) is 60.4 Å². The minimum atomic E-state index is -1.31. The molecule has 1 atom stereocenters. The summed E-state index contributed by atoms with van der Waals surface area (Å²) in [6.45, 7) is 5.72. The fourth-order valence-corrected chi connectivity index (χ4v) is 3.84. The summed E-state index contributed by atoms with van der Waals surface area (Å²) in [6.07, 6.45) is 7.70. The summed E-state index contributed by atoms with van der Waals surface area (Å²) in [4.78, 5) is 13.6. The van der Waals surface area contributed by atoms with E-state index < -0.39 is 15.7 Å². The summed E-state index contributed by atoms with van der Waals surface area (Å²) >= 11 is 0. The Morgan fingerprint density at radius 3 is 2.62 bits per heavy atom. The third-order valence-corrected chi connectivity index (χ3v) is 6.46. The van der Waals surface area contributed by atoms with Crippen LogP contribution in [0, 0.1) is 0 Å². The molecule has 1 N–H and O–H groups in total. The van der Waals surface area contributed by atoms with Crippen LogP contribution in [0.2, 0.25) is 0 Å². The summed E-state index contributed by atoms with van der Waals surface area (Å²) in [6, 6.07) is 7.89. The number of ether oxygens (including phenoxy) is 1. The molecule has 32 heavy (non-hydrogen) atoms. The molecule has 3 aromatic heterocycles. The van der Waals surface area contributed by atoms with E-state index in [0.717, 1.165) is 27.8 Å². The average molecular weight is 451 g/mol. The Labute approximate surface area is 189 Å². The Kier molecular flexibility index (Phi) is 5.92. The zero-order chi connectivity index (χ0) is 22.9. The second-order valence-electron chi connectivity index (χ2n) is 8.47. The van der Waals surface area contributed by atoms with Gasteiger partial charge < -0.3 is 4.74 Å². The van der Waals surface area contributed by atoms with Crippen LogP contribution in [0.4, 0.5) is 5.82 Å². The number of benzene rings is 1. The van der Waals surface area contributed by atoms with Crippen LogP contribution in [-0.4, -0.2) is 40.8 Å². The summed E-state index contributed by atoms with van der Waals surface area (Å²) in [7, 11) is 2.23. The third kappa shape index (κ3) is 4.62. The Balaban J connectivity index is 1.66. The van der Waals surface area contributed by atoms with Gasteiger partial charge in [-0.25, -0.2) is 19.2 Å². The standard InChI is InChI=1S/C23H26N6O2S/c1-23(2,3)32(30)28-22-21-17(8-9-24-22)12-25-20(27-21)11-16-7-6-15(10-19(16)31-5)18-13-26-29(4)14-18/h6-10,12-14H,11H2,1-5H3,(H,24,28). The first-order valence-corrected chi connectivity index (χ1v) is 11.3. The van der Waals surface area contributed by atoms with E-state index in [0.29, 0.717) is 23.6 Å². The number of aryl methyl sites for hydroxylation is 1. The number of methoxy groups -OCH3 is 1. The molecule has 0 radical (unpaired) electrons. The van der Waals surface area contributed by atoms with Crippen molar-refractivity contribution in [2.75, 3.05) is 11.8 Å². The van der Waals surface area contributed by atoms with Gasteiger partial charge in [-0.1, -0.05) is 12.1 Å². The van der Waals surface area contributed by atoms with Crippen molar-refractivity contribution in [3.8, 4) is 16.9 Å². The van der Waals surface area contributed by atoms with Crippen molar-refractivity contribution in [2.24, 2.45) is 7.05 Å². The van der Waals surface area contributed by atoms with Crippen LogP contribution in [-0.2, 0) is 24.5 Å². The lowest BCUT2D eigenvalue weighted by Gasteiger charge is -2.18. The van der Waals surface area contributed by atoms with Crippen molar-refractivity contribution < 1.29 is 8.95 Å². The molecule has 1 aromatic carbocycles. The van der Waals surface area contributed by atoms with Gasteiger partial charge in [-0.15, -0.1) is 0 Å². The van der Waals surface area contributed by atoms with E-state index in [2.05, 4.69) is 19.8 Å². The van der Waals surface area contributed by atoms with E-state index in [1.807, 2.05) is 64.5 Å². The van der Waals surface area contributed by atoms with E-state index in [9.17, 15) is 4.21 Å². The predicted octanol–water partition coefficient (Wildman–Crippen LogP) is 3.90. The van der Waals surface area contributed by atoms with Crippen molar-refractivity contribution in [2.45, 2.75) is 31.9 Å². The Bertz CT molecular complexity index is 1300. The molecule has 0 amide bonds. The van der Waals surface area contributed by atoms with E-state index in [1.165, 1.54) is 0 Å². The van der Waals surface area contributed by atoms with E-state index in [1.54, 1.807) is 24.2 Å². The van der Waals surface area contributed by atoms with Crippen molar-refractivity contribution in [1.82, 2.24) is 24.7 Å². The van der Waals surface area contributed by atoms with Crippen LogP contribution in [0.1, 0.15) is 32.2 Å². The number of hydrogen-bond donors (Lipinski definition) is 1. The smallest absolute Gasteiger partial charge is 0.164 e. The van der Waals surface area contributed by atoms with E-state index in [4.69, 9.17) is 9.72 Å². The number of rotatable bonds is 6. The summed E-state index contributed by atoms with van der Waals surface area (Å²) in [5.74, 6) is 1.87. The number of fused-ring (bicyclic) bond motifs is 1. The van der Waals surface area contributed by atoms with Crippen LogP contribution in [0.15, 0.2) is 49.1 Å². The molecule has 0 aliphatic carbocycles. The SMILES string of the molecule is COc1cc(-c2cnn(C)c2)ccc1Cc1ncc2ccnc(NS(=O)C(C)(C)C)c2n1. The Hall–Kier alpha value is -3.33. The summed E-state index contributed by atoms with van der Waals surface area (Å²) in [5.41, 5.74) is 3.66. The maximum Gasteiger partial charge on any atom is 0.164 e. The molecule has 0 aliphatic heterocycles. The van der Waals surface area contributed by atoms with Crippen molar-refractivity contribution in [3.63, 3.8) is 0 Å². The van der Waals surface area contributed by atoms with E-state index in [-0.39, 0.29) is 0 Å². The number of nitrogens with zero attached hydrogens (tertiary/aromatic N) is 5. The van der Waals surface area contributed by atoms with Gasteiger partial charge in [-0.05, 0) is 38.5 Å². The highest BCUT2D eigenvalue weighted by Gasteiger charge is 2.21. The number of hydrogen-bond acceptors (Lipinski definition) is 6. The zero-order valence-corrected chi connectivity index (χ0v) is 19.6. The molecule has 9 heteroatoms. The minimum absolute atomic E-state index is 0.427. The molecule has 4 aromatic rings. The normalized spacial score (nSPS) is 12.7. The molecule has 1 unspecified atom stereocenters. The van der Waals surface area contributed by atoms with Crippen LogP contribution < -0.4 is 9.46 Å². The molecule has 0 saturated heterocycles. The lowest BCUT2D eigenvalue weighted by atomic mass is 10.0. The highest BCUT2D eigenvalue weighted by molar-refractivity contribution is 7.87. The fraction of sp³-hybridized carbons (Fsp3) is 0.304. The molecular formula is C23H26N6O2S. The van der Waals surface area contributed by atoms with Gasteiger partial charge >= 0.3 is 0 Å². The van der Waals surface area contributed by atoms with Gasteiger partial charge in [0.2, 0.25) is 0 Å². The number of pyridine rings is 1. The van der Waals surface area contributed by atoms with Gasteiger partial charge in [0.15, 0.2) is 5.82 Å². The van der Waals surface area contributed by atoms with E-state index >= 15 is 0 Å². The summed E-state index contributed by atoms with van der Waals surface area (Å²) in [5, 5.41) is 5.06. The third-order valence-electron chi connectivity index (χ3n) is 4.97. The first-order chi connectivity index (χ1) is 15.2. The van der Waals surface area contributed by atoms with Gasteiger partial charge in [0, 0.05) is 48.6 Å². The first kappa shape index (κ1) is 21.9. The Morgan fingerprint density at radius 2 is 1.94 bits per heavy atom. The lowest BCUT2D eigenvalue weighted by Crippen LogP contribution is -2.27. The molecule has 166 valence electrons. The fourth-order valence-electron chi connectivity index (χ4n) is 3.20. The quantitative estimate of drug-likeness (QED) is 0.479. The van der Waals surface area contributed by atoms with Gasteiger partial charge in [0.25, 0.3) is 0 Å². The molecular weight excluding hydrogens is 424 g/mol. The van der Waals surface area contributed by atoms with Gasteiger partial charge in [0.05, 0.1) is 18.1 Å². The zero-order valence-electron chi connectivity index (χ0n) is 18.8.